The van der Waals surface area contributed by atoms with E-state index in [1.54, 1.807) is 12.4 Å². The van der Waals surface area contributed by atoms with E-state index in [4.69, 9.17) is 4.74 Å². The summed E-state index contributed by atoms with van der Waals surface area (Å²) in [6, 6.07) is 8.42. The van der Waals surface area contributed by atoms with Crippen molar-refractivity contribution >= 4 is 0 Å². The lowest BCUT2D eigenvalue weighted by Crippen LogP contribution is -1.99. The van der Waals surface area contributed by atoms with Gasteiger partial charge < -0.3 is 10.2 Å². The summed E-state index contributed by atoms with van der Waals surface area (Å²) >= 11 is 0. The second-order valence-corrected chi connectivity index (χ2v) is 6.62. The van der Waals surface area contributed by atoms with Crippen LogP contribution < -0.4 is 4.74 Å². The highest BCUT2D eigenvalue weighted by Gasteiger charge is 2.02. The first kappa shape index (κ1) is 22.1. The van der Waals surface area contributed by atoms with Gasteiger partial charge in [0.1, 0.15) is 0 Å². The Morgan fingerprint density at radius 1 is 0.769 bits per heavy atom. The van der Waals surface area contributed by atoms with Gasteiger partial charge in [-0.15, -0.1) is 0 Å². The van der Waals surface area contributed by atoms with Crippen molar-refractivity contribution in [2.24, 2.45) is 0 Å². The maximum atomic E-state index is 5.75. The molecule has 0 saturated heterocycles. The predicted molar refractivity (Wildman–Crippen MR) is 109 cm³/mol. The highest BCUT2D eigenvalue weighted by Crippen LogP contribution is 2.18. The molecule has 0 unspecified atom stereocenters. The van der Waals surface area contributed by atoms with Crippen molar-refractivity contribution in [3.63, 3.8) is 0 Å². The zero-order chi connectivity index (χ0) is 17.7. The standard InChI is InChI=1S/C22H32N2O.H2O/c1-3-5-6-7-8-9-10-11-16-25-21-17-23-22(24-18-21)20-14-12-19(4-2)13-15-20;/h12-15,17-18H,3-11,16H2,1-2H3;1H2. The van der Waals surface area contributed by atoms with E-state index in [0.29, 0.717) is 0 Å². The van der Waals surface area contributed by atoms with Crippen LogP contribution in [0, 0.1) is 0 Å². The average Bonchev–Trinajstić information content (AvgIpc) is 2.67. The summed E-state index contributed by atoms with van der Waals surface area (Å²) in [4.78, 5) is 8.85. The maximum absolute atomic E-state index is 5.75. The van der Waals surface area contributed by atoms with Crippen molar-refractivity contribution in [1.29, 1.82) is 0 Å². The Hall–Kier alpha value is -1.94. The Labute approximate surface area is 158 Å². The minimum Gasteiger partial charge on any atom is -0.490 e. The normalized spacial score (nSPS) is 10.4. The number of nitrogens with zero attached hydrogens (tertiary/aromatic N) is 2. The summed E-state index contributed by atoms with van der Waals surface area (Å²) in [5.41, 5.74) is 2.38. The number of ether oxygens (including phenoxy) is 1. The molecule has 0 atom stereocenters. The second kappa shape index (κ2) is 13.3. The van der Waals surface area contributed by atoms with E-state index in [2.05, 4.69) is 48.1 Å². The van der Waals surface area contributed by atoms with Gasteiger partial charge >= 0.3 is 0 Å². The van der Waals surface area contributed by atoms with Crippen LogP contribution in [0.3, 0.4) is 0 Å². The molecule has 1 aromatic heterocycles. The molecular formula is C22H34N2O2. The topological polar surface area (TPSA) is 66.5 Å². The Kier molecular flexibility index (Phi) is 11.3. The molecule has 0 saturated carbocycles. The molecule has 0 amide bonds. The predicted octanol–water partition coefficient (Wildman–Crippen LogP) is 5.40. The number of unbranched alkanes of at least 4 members (excludes halogenated alkanes) is 7. The third-order valence-electron chi connectivity index (χ3n) is 4.52. The van der Waals surface area contributed by atoms with E-state index in [0.717, 1.165) is 36.6 Å². The molecule has 1 aromatic carbocycles. The van der Waals surface area contributed by atoms with Crippen LogP contribution in [0.4, 0.5) is 0 Å². The van der Waals surface area contributed by atoms with Gasteiger partial charge in [0.2, 0.25) is 0 Å². The maximum Gasteiger partial charge on any atom is 0.159 e. The van der Waals surface area contributed by atoms with Gasteiger partial charge in [0.25, 0.3) is 0 Å². The minimum atomic E-state index is 0. The summed E-state index contributed by atoms with van der Waals surface area (Å²) in [7, 11) is 0. The Bertz CT molecular complexity index is 582. The molecule has 26 heavy (non-hydrogen) atoms. The lowest BCUT2D eigenvalue weighted by Gasteiger charge is -2.07. The molecule has 4 heteroatoms. The third kappa shape index (κ3) is 7.96. The van der Waals surface area contributed by atoms with Crippen LogP contribution >= 0.6 is 0 Å². The van der Waals surface area contributed by atoms with E-state index in [9.17, 15) is 0 Å². The lowest BCUT2D eigenvalue weighted by molar-refractivity contribution is 0.302. The Morgan fingerprint density at radius 3 is 1.92 bits per heavy atom. The molecule has 2 aromatic rings. The fourth-order valence-electron chi connectivity index (χ4n) is 2.86. The van der Waals surface area contributed by atoms with Crippen molar-refractivity contribution in [2.75, 3.05) is 6.61 Å². The van der Waals surface area contributed by atoms with Crippen molar-refractivity contribution in [2.45, 2.75) is 71.6 Å². The van der Waals surface area contributed by atoms with Crippen LogP contribution in [0.25, 0.3) is 11.4 Å². The SMILES string of the molecule is CCCCCCCCCCOc1cnc(-c2ccc(CC)cc2)nc1.O. The zero-order valence-corrected chi connectivity index (χ0v) is 16.3. The van der Waals surface area contributed by atoms with Crippen molar-refractivity contribution < 1.29 is 10.2 Å². The van der Waals surface area contributed by atoms with Crippen molar-refractivity contribution in [1.82, 2.24) is 9.97 Å². The zero-order valence-electron chi connectivity index (χ0n) is 16.3. The lowest BCUT2D eigenvalue weighted by atomic mass is 10.1. The molecule has 1 heterocycles. The summed E-state index contributed by atoms with van der Waals surface area (Å²) in [6.07, 6.45) is 15.1. The molecule has 0 aliphatic rings. The first-order valence-electron chi connectivity index (χ1n) is 9.87. The van der Waals surface area contributed by atoms with Gasteiger partial charge in [-0.1, -0.05) is 83.1 Å². The van der Waals surface area contributed by atoms with Crippen molar-refractivity contribution in [3.8, 4) is 17.1 Å². The highest BCUT2D eigenvalue weighted by atomic mass is 16.5. The third-order valence-corrected chi connectivity index (χ3v) is 4.52. The molecular weight excluding hydrogens is 324 g/mol. The summed E-state index contributed by atoms with van der Waals surface area (Å²) < 4.78 is 5.75. The number of hydrogen-bond donors (Lipinski definition) is 0. The Balaban J connectivity index is 0.00000338. The molecule has 0 radical (unpaired) electrons. The van der Waals surface area contributed by atoms with Crippen molar-refractivity contribution in [3.05, 3.63) is 42.2 Å². The summed E-state index contributed by atoms with van der Waals surface area (Å²) in [5, 5.41) is 0. The van der Waals surface area contributed by atoms with Crippen LogP contribution in [0.2, 0.25) is 0 Å². The van der Waals surface area contributed by atoms with Gasteiger partial charge in [0.15, 0.2) is 11.6 Å². The minimum absolute atomic E-state index is 0. The summed E-state index contributed by atoms with van der Waals surface area (Å²) in [5.74, 6) is 1.51. The number of rotatable bonds is 12. The molecule has 144 valence electrons. The van der Waals surface area contributed by atoms with Crippen LogP contribution in [0.1, 0.15) is 70.8 Å². The fourth-order valence-corrected chi connectivity index (χ4v) is 2.86. The van der Waals surface area contributed by atoms with Gasteiger partial charge in [-0.3, -0.25) is 0 Å². The quantitative estimate of drug-likeness (QED) is 0.477. The number of aryl methyl sites for hydroxylation is 1. The first-order valence-corrected chi connectivity index (χ1v) is 9.87. The molecule has 2 N–H and O–H groups in total. The van der Waals surface area contributed by atoms with E-state index in [-0.39, 0.29) is 5.48 Å². The van der Waals surface area contributed by atoms with E-state index in [1.807, 2.05) is 0 Å². The molecule has 0 spiro atoms. The molecule has 0 aliphatic heterocycles. The van der Waals surface area contributed by atoms with Gasteiger partial charge in [-0.2, -0.15) is 0 Å². The van der Waals surface area contributed by atoms with Gasteiger partial charge in [0.05, 0.1) is 19.0 Å². The number of aromatic nitrogens is 2. The van der Waals surface area contributed by atoms with Crippen LogP contribution in [0.15, 0.2) is 36.7 Å². The van der Waals surface area contributed by atoms with Gasteiger partial charge in [0, 0.05) is 5.56 Å². The van der Waals surface area contributed by atoms with Crippen LogP contribution in [-0.4, -0.2) is 22.1 Å². The average molecular weight is 359 g/mol. The number of hydrogen-bond acceptors (Lipinski definition) is 3. The molecule has 0 bridgehead atoms. The molecule has 0 fully saturated rings. The van der Waals surface area contributed by atoms with Crippen LogP contribution in [0.5, 0.6) is 5.75 Å². The monoisotopic (exact) mass is 358 g/mol. The summed E-state index contributed by atoms with van der Waals surface area (Å²) in [6.45, 7) is 5.17. The second-order valence-electron chi connectivity index (χ2n) is 6.62. The van der Waals surface area contributed by atoms with Gasteiger partial charge in [-0.05, 0) is 18.4 Å². The molecule has 4 nitrogen and oxygen atoms in total. The highest BCUT2D eigenvalue weighted by molar-refractivity contribution is 5.55. The first-order chi connectivity index (χ1) is 12.3. The Morgan fingerprint density at radius 2 is 1.35 bits per heavy atom. The smallest absolute Gasteiger partial charge is 0.159 e. The van der Waals surface area contributed by atoms with E-state index in [1.165, 1.54) is 50.5 Å². The fraction of sp³-hybridized carbons (Fsp3) is 0.545. The van der Waals surface area contributed by atoms with E-state index < -0.39 is 0 Å². The van der Waals surface area contributed by atoms with Gasteiger partial charge in [-0.25, -0.2) is 9.97 Å². The molecule has 2 rings (SSSR count). The van der Waals surface area contributed by atoms with E-state index >= 15 is 0 Å². The largest absolute Gasteiger partial charge is 0.490 e. The number of benzene rings is 1. The van der Waals surface area contributed by atoms with Crippen LogP contribution in [-0.2, 0) is 6.42 Å². The molecule has 0 aliphatic carbocycles.